The average molecular weight is 499 g/mol. The molecular weight excluding hydrogens is 468 g/mol. The molecule has 2 aromatic carbocycles. The van der Waals surface area contributed by atoms with Gasteiger partial charge in [-0.05, 0) is 37.5 Å². The Labute approximate surface area is 209 Å². The summed E-state index contributed by atoms with van der Waals surface area (Å²) in [5.74, 6) is 1.53. The highest BCUT2D eigenvalue weighted by atomic mass is 16.7. The molecule has 3 aliphatic rings. The van der Waals surface area contributed by atoms with Gasteiger partial charge in [0.25, 0.3) is 0 Å². The molecule has 0 radical (unpaired) electrons. The van der Waals surface area contributed by atoms with E-state index < -0.39 is 18.2 Å². The van der Waals surface area contributed by atoms with E-state index in [0.717, 1.165) is 0 Å². The van der Waals surface area contributed by atoms with Gasteiger partial charge in [-0.1, -0.05) is 19.9 Å². The zero-order valence-corrected chi connectivity index (χ0v) is 21.2. The molecule has 4 atom stereocenters. The summed E-state index contributed by atoms with van der Waals surface area (Å²) in [5, 5.41) is 11.6. The van der Waals surface area contributed by atoms with Gasteiger partial charge in [0.05, 0.1) is 20.3 Å². The topological polar surface area (TPSA) is 102 Å². The highest BCUT2D eigenvalue weighted by Crippen LogP contribution is 2.60. The monoisotopic (exact) mass is 498 g/mol. The molecule has 36 heavy (non-hydrogen) atoms. The van der Waals surface area contributed by atoms with E-state index >= 15 is 0 Å². The van der Waals surface area contributed by atoms with E-state index in [2.05, 4.69) is 0 Å². The van der Waals surface area contributed by atoms with Crippen LogP contribution in [-0.4, -0.2) is 38.9 Å². The summed E-state index contributed by atoms with van der Waals surface area (Å²) < 4.78 is 40.7. The van der Waals surface area contributed by atoms with Crippen LogP contribution in [0.1, 0.15) is 51.0 Å². The number of allylic oxidation sites excluding steroid dienone is 1. The minimum atomic E-state index is -0.939. The maximum atomic E-state index is 13.0. The van der Waals surface area contributed by atoms with Crippen LogP contribution >= 0.6 is 0 Å². The zero-order chi connectivity index (χ0) is 25.7. The van der Waals surface area contributed by atoms with E-state index in [4.69, 9.17) is 33.2 Å². The van der Waals surface area contributed by atoms with Crippen molar-refractivity contribution in [3.63, 3.8) is 0 Å². The second kappa shape index (κ2) is 9.13. The first-order valence-corrected chi connectivity index (χ1v) is 11.9. The van der Waals surface area contributed by atoms with E-state index in [-0.39, 0.29) is 25.4 Å². The lowest BCUT2D eigenvalue weighted by Gasteiger charge is -2.37. The van der Waals surface area contributed by atoms with Crippen LogP contribution < -0.4 is 28.4 Å². The maximum absolute atomic E-state index is 13.0. The number of ether oxygens (including phenoxy) is 7. The first kappa shape index (κ1) is 24.1. The summed E-state index contributed by atoms with van der Waals surface area (Å²) in [5.41, 5.74) is 2.84. The van der Waals surface area contributed by atoms with Crippen molar-refractivity contribution in [2.24, 2.45) is 11.8 Å². The minimum absolute atomic E-state index is 0.0242. The molecule has 9 heteroatoms. The molecule has 1 aliphatic carbocycles. The molecule has 0 saturated carbocycles. The average Bonchev–Trinajstić information content (AvgIpc) is 3.56. The predicted octanol–water partition coefficient (Wildman–Crippen LogP) is 4.70. The molecule has 5 rings (SSSR count). The molecule has 9 nitrogen and oxygen atoms in total. The van der Waals surface area contributed by atoms with Crippen molar-refractivity contribution < 1.29 is 43.1 Å². The quantitative estimate of drug-likeness (QED) is 0.475. The minimum Gasteiger partial charge on any atom is -0.492 e. The van der Waals surface area contributed by atoms with Gasteiger partial charge in [0, 0.05) is 28.2 Å². The van der Waals surface area contributed by atoms with Gasteiger partial charge in [-0.3, -0.25) is 0 Å². The Morgan fingerprint density at radius 1 is 0.917 bits per heavy atom. The van der Waals surface area contributed by atoms with Crippen LogP contribution in [0.15, 0.2) is 23.8 Å². The predicted molar refractivity (Wildman–Crippen MR) is 129 cm³/mol. The number of hydrogen-bond donors (Lipinski definition) is 1. The molecule has 0 unspecified atom stereocenters. The molecule has 1 N–H and O–H groups in total. The molecule has 2 aromatic rings. The van der Waals surface area contributed by atoms with Crippen molar-refractivity contribution in [2.75, 3.05) is 27.8 Å². The molecule has 0 bridgehead atoms. The van der Waals surface area contributed by atoms with Crippen LogP contribution in [0.2, 0.25) is 0 Å². The van der Waals surface area contributed by atoms with Crippen molar-refractivity contribution in [2.45, 2.75) is 39.9 Å². The summed E-state index contributed by atoms with van der Waals surface area (Å²) in [6.07, 6.45) is 0.0262. The molecule has 2 aliphatic heterocycles. The Bertz CT molecular complexity index is 1250. The molecule has 0 saturated heterocycles. The molecule has 0 amide bonds. The highest BCUT2D eigenvalue weighted by Gasteiger charge is 2.43. The van der Waals surface area contributed by atoms with Gasteiger partial charge in [0.15, 0.2) is 23.0 Å². The van der Waals surface area contributed by atoms with Gasteiger partial charge in [0.1, 0.15) is 6.10 Å². The maximum Gasteiger partial charge on any atom is 0.333 e. The zero-order valence-electron chi connectivity index (χ0n) is 21.2. The van der Waals surface area contributed by atoms with Crippen LogP contribution in [0.4, 0.5) is 0 Å². The van der Waals surface area contributed by atoms with Gasteiger partial charge >= 0.3 is 5.97 Å². The van der Waals surface area contributed by atoms with E-state index in [1.165, 1.54) is 14.2 Å². The van der Waals surface area contributed by atoms with Crippen LogP contribution in [0.25, 0.3) is 11.1 Å². The number of rotatable bonds is 4. The van der Waals surface area contributed by atoms with Crippen LogP contribution in [0.3, 0.4) is 0 Å². The lowest BCUT2D eigenvalue weighted by molar-refractivity contribution is -0.149. The van der Waals surface area contributed by atoms with Crippen molar-refractivity contribution >= 4 is 5.97 Å². The number of carbonyl (C=O) groups excluding carboxylic acids is 1. The van der Waals surface area contributed by atoms with Gasteiger partial charge in [-0.15, -0.1) is 0 Å². The van der Waals surface area contributed by atoms with Crippen LogP contribution in [0.5, 0.6) is 34.5 Å². The molecule has 192 valence electrons. The van der Waals surface area contributed by atoms with Crippen LogP contribution in [-0.2, 0) is 9.53 Å². The number of benzene rings is 2. The summed E-state index contributed by atoms with van der Waals surface area (Å²) in [6, 6.07) is 3.59. The molecule has 0 aromatic heterocycles. The number of fused-ring (bicyclic) bond motifs is 5. The largest absolute Gasteiger partial charge is 0.492 e. The molecule has 0 spiro atoms. The summed E-state index contributed by atoms with van der Waals surface area (Å²) >= 11 is 0. The fourth-order valence-corrected chi connectivity index (χ4v) is 5.05. The number of esters is 1. The fraction of sp³-hybridized carbons (Fsp3) is 0.444. The smallest absolute Gasteiger partial charge is 0.333 e. The van der Waals surface area contributed by atoms with Gasteiger partial charge in [-0.25, -0.2) is 4.79 Å². The first-order chi connectivity index (χ1) is 17.3. The van der Waals surface area contributed by atoms with E-state index in [0.29, 0.717) is 62.3 Å². The van der Waals surface area contributed by atoms with Crippen molar-refractivity contribution in [3.05, 3.63) is 34.9 Å². The summed E-state index contributed by atoms with van der Waals surface area (Å²) in [6.45, 7) is 7.42. The SMILES string of the molecule is C/C=C(\C)C(=O)O[C@@H]1c2cc3c(c(OC)c2-c2c(cc4c(c2OC)OCO4)[C@@H](O)[C@@H](C)[C@H]1C)OCO3. The normalized spacial score (nSPS) is 23.8. The van der Waals surface area contributed by atoms with Crippen molar-refractivity contribution in [3.8, 4) is 45.6 Å². The lowest BCUT2D eigenvalue weighted by Crippen LogP contribution is -2.29. The molecular formula is C27H30O9. The first-order valence-electron chi connectivity index (χ1n) is 11.9. The van der Waals surface area contributed by atoms with Crippen LogP contribution in [0, 0.1) is 11.8 Å². The Hall–Kier alpha value is -3.59. The molecule has 2 heterocycles. The third-order valence-corrected chi connectivity index (χ3v) is 7.38. The number of hydrogen-bond acceptors (Lipinski definition) is 9. The standard InChI is InChI=1S/C27H30O9/c1-7-12(2)27(29)36-22-14(4)13(3)21(28)15-8-17-23(34-10-32-17)25(30-5)19(15)20-16(22)9-18-24(26(20)31-6)35-11-33-18/h7-9,13-14,21-22,28H,10-11H2,1-6H3/b12-7+/t13-,14+,21-,22-/m0/s1. The third kappa shape index (κ3) is 3.52. The summed E-state index contributed by atoms with van der Waals surface area (Å²) in [4.78, 5) is 13.0. The number of aliphatic hydroxyl groups excluding tert-OH is 1. The Morgan fingerprint density at radius 3 is 1.97 bits per heavy atom. The number of carbonyl (C=O) groups is 1. The van der Waals surface area contributed by atoms with Crippen molar-refractivity contribution in [1.82, 2.24) is 0 Å². The summed E-state index contributed by atoms with van der Waals surface area (Å²) in [7, 11) is 3.06. The fourth-order valence-electron chi connectivity index (χ4n) is 5.05. The number of aliphatic hydroxyl groups is 1. The van der Waals surface area contributed by atoms with Gasteiger partial charge < -0.3 is 38.3 Å². The Morgan fingerprint density at radius 2 is 1.44 bits per heavy atom. The number of methoxy groups -OCH3 is 2. The van der Waals surface area contributed by atoms with E-state index in [9.17, 15) is 9.90 Å². The third-order valence-electron chi connectivity index (χ3n) is 7.38. The van der Waals surface area contributed by atoms with Crippen molar-refractivity contribution in [1.29, 1.82) is 0 Å². The van der Waals surface area contributed by atoms with Gasteiger partial charge in [-0.2, -0.15) is 0 Å². The Balaban J connectivity index is 1.88. The Kier molecular flexibility index (Phi) is 6.12. The van der Waals surface area contributed by atoms with E-state index in [1.807, 2.05) is 19.9 Å². The second-order valence-electron chi connectivity index (χ2n) is 9.18. The second-order valence-corrected chi connectivity index (χ2v) is 9.18. The van der Waals surface area contributed by atoms with E-state index in [1.54, 1.807) is 26.0 Å². The highest BCUT2D eigenvalue weighted by molar-refractivity contribution is 5.91. The van der Waals surface area contributed by atoms with Gasteiger partial charge in [0.2, 0.25) is 25.1 Å². The lowest BCUT2D eigenvalue weighted by atomic mass is 9.74. The molecule has 0 fully saturated rings.